The maximum Gasteiger partial charge on any atom is 0.410 e. The second-order valence-corrected chi connectivity index (χ2v) is 10.2. The van der Waals surface area contributed by atoms with Crippen molar-refractivity contribution in [2.45, 2.75) is 58.1 Å². The predicted molar refractivity (Wildman–Crippen MR) is 142 cm³/mol. The molecule has 0 radical (unpaired) electrons. The van der Waals surface area contributed by atoms with Gasteiger partial charge in [0.15, 0.2) is 23.0 Å². The Morgan fingerprint density at radius 2 is 1.36 bits per heavy atom. The van der Waals surface area contributed by atoms with E-state index in [0.29, 0.717) is 36.0 Å². The standard InChI is InChI=1S/C29H37NO6/c1-29(2,3)36-28(31)30-11-9-8-10-20(30)13-18-12-19-14-24(32-4)25(33-5)16-22(19)23-17-27(35-7)26(34-6)15-21(18)23/h12,14-17,20H,8-11,13H2,1-7H3. The maximum atomic E-state index is 13.1. The molecular weight excluding hydrogens is 458 g/mol. The summed E-state index contributed by atoms with van der Waals surface area (Å²) in [4.78, 5) is 15.0. The van der Waals surface area contributed by atoms with Gasteiger partial charge in [0.1, 0.15) is 5.60 Å². The molecule has 3 aromatic rings. The molecule has 1 aliphatic rings. The van der Waals surface area contributed by atoms with Crippen molar-refractivity contribution in [2.75, 3.05) is 35.0 Å². The van der Waals surface area contributed by atoms with Crippen LogP contribution in [-0.2, 0) is 11.2 Å². The zero-order valence-corrected chi connectivity index (χ0v) is 22.4. The van der Waals surface area contributed by atoms with Crippen LogP contribution in [0.25, 0.3) is 21.5 Å². The molecule has 0 saturated carbocycles. The number of amides is 1. The minimum atomic E-state index is -0.533. The molecule has 194 valence electrons. The van der Waals surface area contributed by atoms with Gasteiger partial charge in [-0.2, -0.15) is 0 Å². The highest BCUT2D eigenvalue weighted by Crippen LogP contribution is 2.42. The topological polar surface area (TPSA) is 66.5 Å². The zero-order chi connectivity index (χ0) is 26.0. The van der Waals surface area contributed by atoms with Crippen molar-refractivity contribution in [3.8, 4) is 23.0 Å². The molecule has 3 aromatic carbocycles. The number of hydrogen-bond donors (Lipinski definition) is 0. The van der Waals surface area contributed by atoms with E-state index < -0.39 is 5.60 Å². The van der Waals surface area contributed by atoms with Crippen molar-refractivity contribution in [1.29, 1.82) is 0 Å². The van der Waals surface area contributed by atoms with Gasteiger partial charge >= 0.3 is 6.09 Å². The second kappa shape index (κ2) is 10.3. The van der Waals surface area contributed by atoms with E-state index in [-0.39, 0.29) is 12.1 Å². The van der Waals surface area contributed by atoms with E-state index in [1.165, 1.54) is 0 Å². The lowest BCUT2D eigenvalue weighted by molar-refractivity contribution is 0.00998. The van der Waals surface area contributed by atoms with Gasteiger partial charge in [-0.05, 0) is 97.8 Å². The molecule has 0 aliphatic carbocycles. The lowest BCUT2D eigenvalue weighted by atomic mass is 9.90. The normalized spacial score (nSPS) is 16.2. The van der Waals surface area contributed by atoms with Gasteiger partial charge in [0.05, 0.1) is 28.4 Å². The summed E-state index contributed by atoms with van der Waals surface area (Å²) in [6.45, 7) is 6.42. The molecule has 7 nitrogen and oxygen atoms in total. The molecule has 1 saturated heterocycles. The highest BCUT2D eigenvalue weighted by Gasteiger charge is 2.31. The number of likely N-dealkylation sites (tertiary alicyclic amines) is 1. The van der Waals surface area contributed by atoms with Crippen LogP contribution < -0.4 is 18.9 Å². The van der Waals surface area contributed by atoms with Gasteiger partial charge in [0.2, 0.25) is 0 Å². The number of methoxy groups -OCH3 is 4. The first-order valence-electron chi connectivity index (χ1n) is 12.4. The Labute approximate surface area is 213 Å². The average molecular weight is 496 g/mol. The minimum absolute atomic E-state index is 0.0440. The average Bonchev–Trinajstić information content (AvgIpc) is 2.86. The van der Waals surface area contributed by atoms with E-state index >= 15 is 0 Å². The van der Waals surface area contributed by atoms with Crippen LogP contribution in [0.1, 0.15) is 45.6 Å². The molecule has 0 spiro atoms. The van der Waals surface area contributed by atoms with Crippen LogP contribution in [0.3, 0.4) is 0 Å². The van der Waals surface area contributed by atoms with Crippen LogP contribution in [0.5, 0.6) is 23.0 Å². The smallest absolute Gasteiger partial charge is 0.410 e. The van der Waals surface area contributed by atoms with Crippen LogP contribution in [0.2, 0.25) is 0 Å². The molecule has 1 unspecified atom stereocenters. The van der Waals surface area contributed by atoms with Gasteiger partial charge in [-0.25, -0.2) is 4.79 Å². The zero-order valence-electron chi connectivity index (χ0n) is 22.4. The molecule has 36 heavy (non-hydrogen) atoms. The van der Waals surface area contributed by atoms with E-state index in [1.54, 1.807) is 28.4 Å². The molecule has 1 aliphatic heterocycles. The van der Waals surface area contributed by atoms with E-state index in [4.69, 9.17) is 23.7 Å². The first-order valence-corrected chi connectivity index (χ1v) is 12.4. The molecule has 4 rings (SSSR count). The van der Waals surface area contributed by atoms with E-state index in [0.717, 1.165) is 46.4 Å². The largest absolute Gasteiger partial charge is 0.493 e. The van der Waals surface area contributed by atoms with E-state index in [2.05, 4.69) is 6.07 Å². The van der Waals surface area contributed by atoms with Gasteiger partial charge in [0, 0.05) is 12.6 Å². The van der Waals surface area contributed by atoms with Crippen LogP contribution in [0.4, 0.5) is 4.79 Å². The summed E-state index contributed by atoms with van der Waals surface area (Å²) in [5, 5.41) is 4.14. The number of nitrogens with zero attached hydrogens (tertiary/aromatic N) is 1. The van der Waals surface area contributed by atoms with Crippen molar-refractivity contribution in [2.24, 2.45) is 0 Å². The fourth-order valence-electron chi connectivity index (χ4n) is 5.08. The lowest BCUT2D eigenvalue weighted by Crippen LogP contribution is -2.47. The molecule has 1 fully saturated rings. The summed E-state index contributed by atoms with van der Waals surface area (Å²) in [6.07, 6.45) is 3.45. The molecule has 7 heteroatoms. The van der Waals surface area contributed by atoms with Crippen LogP contribution in [0.15, 0.2) is 30.3 Å². The van der Waals surface area contributed by atoms with Crippen molar-refractivity contribution in [1.82, 2.24) is 4.90 Å². The molecular formula is C29H37NO6. The number of piperidine rings is 1. The predicted octanol–water partition coefficient (Wildman–Crippen LogP) is 6.36. The van der Waals surface area contributed by atoms with Crippen LogP contribution >= 0.6 is 0 Å². The number of hydrogen-bond acceptors (Lipinski definition) is 6. The SMILES string of the molecule is COc1cc2cc(CC3CCCCN3C(=O)OC(C)(C)C)c3cc(OC)c(OC)cc3c2cc1OC. The summed E-state index contributed by atoms with van der Waals surface area (Å²) in [5.41, 5.74) is 0.597. The fraction of sp³-hybridized carbons (Fsp3) is 0.483. The monoisotopic (exact) mass is 495 g/mol. The summed E-state index contributed by atoms with van der Waals surface area (Å²) < 4.78 is 28.2. The van der Waals surface area contributed by atoms with Gasteiger partial charge in [-0.1, -0.05) is 6.07 Å². The molecule has 0 bridgehead atoms. The summed E-state index contributed by atoms with van der Waals surface area (Å²) in [5.74, 6) is 2.66. The number of rotatable bonds is 6. The third kappa shape index (κ3) is 5.11. The van der Waals surface area contributed by atoms with E-state index in [9.17, 15) is 4.79 Å². The van der Waals surface area contributed by atoms with E-state index in [1.807, 2.05) is 49.9 Å². The minimum Gasteiger partial charge on any atom is -0.493 e. The Bertz CT molecular complexity index is 1260. The van der Waals surface area contributed by atoms with Crippen LogP contribution in [0, 0.1) is 0 Å². The summed E-state index contributed by atoms with van der Waals surface area (Å²) in [7, 11) is 6.56. The molecule has 1 amide bonds. The highest BCUT2D eigenvalue weighted by atomic mass is 16.6. The third-order valence-corrected chi connectivity index (χ3v) is 6.76. The van der Waals surface area contributed by atoms with Crippen molar-refractivity contribution >= 4 is 27.6 Å². The lowest BCUT2D eigenvalue weighted by Gasteiger charge is -2.37. The number of fused-ring (bicyclic) bond motifs is 3. The van der Waals surface area contributed by atoms with Crippen LogP contribution in [-0.4, -0.2) is 57.6 Å². The number of carbonyl (C=O) groups excluding carboxylic acids is 1. The summed E-state index contributed by atoms with van der Waals surface area (Å²) in [6, 6.07) is 10.3. The van der Waals surface area contributed by atoms with Crippen molar-refractivity contribution < 1.29 is 28.5 Å². The molecule has 1 heterocycles. The first kappa shape index (κ1) is 25.7. The second-order valence-electron chi connectivity index (χ2n) is 10.2. The number of benzene rings is 3. The Balaban J connectivity index is 1.87. The number of ether oxygens (including phenoxy) is 5. The number of carbonyl (C=O) groups is 1. The molecule has 0 aromatic heterocycles. The molecule has 1 atom stereocenters. The van der Waals surface area contributed by atoms with Crippen molar-refractivity contribution in [3.63, 3.8) is 0 Å². The van der Waals surface area contributed by atoms with Gasteiger partial charge in [-0.3, -0.25) is 0 Å². The Morgan fingerprint density at radius 1 is 0.806 bits per heavy atom. The Morgan fingerprint density at radius 3 is 1.94 bits per heavy atom. The Kier molecular flexibility index (Phi) is 7.38. The van der Waals surface area contributed by atoms with Crippen molar-refractivity contribution in [3.05, 3.63) is 35.9 Å². The van der Waals surface area contributed by atoms with Gasteiger partial charge in [-0.15, -0.1) is 0 Å². The van der Waals surface area contributed by atoms with Gasteiger partial charge in [0.25, 0.3) is 0 Å². The molecule has 0 N–H and O–H groups in total. The first-order chi connectivity index (χ1) is 17.2. The highest BCUT2D eigenvalue weighted by molar-refractivity contribution is 6.11. The third-order valence-electron chi connectivity index (χ3n) is 6.76. The Hall–Kier alpha value is -3.35. The summed E-state index contributed by atoms with van der Waals surface area (Å²) >= 11 is 0. The quantitative estimate of drug-likeness (QED) is 0.371. The maximum absolute atomic E-state index is 13.1. The van der Waals surface area contributed by atoms with Gasteiger partial charge < -0.3 is 28.6 Å². The fourth-order valence-corrected chi connectivity index (χ4v) is 5.08.